The van der Waals surface area contributed by atoms with Crippen LogP contribution in [0.2, 0.25) is 0 Å². The van der Waals surface area contributed by atoms with E-state index in [-0.39, 0.29) is 5.91 Å². The first kappa shape index (κ1) is 14.8. The average molecular weight is 268 g/mol. The Hall–Kier alpha value is -0.610. The van der Waals surface area contributed by atoms with Crippen LogP contribution < -0.4 is 10.6 Å². The minimum atomic E-state index is -0.766. The standard InChI is InChI=1S/C15H28N2O2/c1-3-6-15(2,19)10-16-14(18)9-11-7-12-4-5-13(8-11)17-12/h11-13,17,19H,3-10H2,1-2H3,(H,16,18). The fraction of sp³-hybridized carbons (Fsp3) is 0.933. The van der Waals surface area contributed by atoms with Gasteiger partial charge in [-0.15, -0.1) is 0 Å². The number of hydrogen-bond acceptors (Lipinski definition) is 3. The smallest absolute Gasteiger partial charge is 0.220 e. The van der Waals surface area contributed by atoms with Crippen LogP contribution in [-0.2, 0) is 4.79 Å². The van der Waals surface area contributed by atoms with Gasteiger partial charge in [0.05, 0.1) is 5.60 Å². The quantitative estimate of drug-likeness (QED) is 0.685. The van der Waals surface area contributed by atoms with E-state index in [2.05, 4.69) is 10.6 Å². The molecule has 110 valence electrons. The van der Waals surface area contributed by atoms with Crippen LogP contribution in [0.25, 0.3) is 0 Å². The molecule has 3 atom stereocenters. The van der Waals surface area contributed by atoms with Crippen LogP contribution in [0, 0.1) is 5.92 Å². The number of rotatable bonds is 6. The van der Waals surface area contributed by atoms with Gasteiger partial charge in [-0.2, -0.15) is 0 Å². The molecule has 2 aliphatic rings. The SMILES string of the molecule is CCCC(C)(O)CNC(=O)CC1CC2CCC(C1)N2. The molecule has 4 nitrogen and oxygen atoms in total. The molecular weight excluding hydrogens is 240 g/mol. The van der Waals surface area contributed by atoms with Crippen molar-refractivity contribution in [3.8, 4) is 0 Å². The second kappa shape index (κ2) is 6.23. The normalized spacial score (nSPS) is 32.9. The first-order chi connectivity index (χ1) is 8.98. The predicted molar refractivity (Wildman–Crippen MR) is 75.8 cm³/mol. The van der Waals surface area contributed by atoms with Crippen molar-refractivity contribution in [3.05, 3.63) is 0 Å². The highest BCUT2D eigenvalue weighted by molar-refractivity contribution is 5.76. The second-order valence-electron chi connectivity index (χ2n) is 6.70. The van der Waals surface area contributed by atoms with Gasteiger partial charge in [0.2, 0.25) is 5.91 Å². The van der Waals surface area contributed by atoms with E-state index in [9.17, 15) is 9.90 Å². The zero-order valence-electron chi connectivity index (χ0n) is 12.2. The maximum Gasteiger partial charge on any atom is 0.220 e. The Morgan fingerprint density at radius 1 is 1.37 bits per heavy atom. The van der Waals surface area contributed by atoms with E-state index in [1.807, 2.05) is 6.92 Å². The molecule has 4 heteroatoms. The minimum absolute atomic E-state index is 0.0997. The number of hydrogen-bond donors (Lipinski definition) is 3. The van der Waals surface area contributed by atoms with Crippen LogP contribution in [0.4, 0.5) is 0 Å². The van der Waals surface area contributed by atoms with E-state index in [1.54, 1.807) is 6.92 Å². The summed E-state index contributed by atoms with van der Waals surface area (Å²) in [5.74, 6) is 0.623. The van der Waals surface area contributed by atoms with Gasteiger partial charge in [0.15, 0.2) is 0 Å². The molecule has 0 aromatic heterocycles. The summed E-state index contributed by atoms with van der Waals surface area (Å²) in [5.41, 5.74) is -0.766. The van der Waals surface area contributed by atoms with Crippen molar-refractivity contribution in [3.63, 3.8) is 0 Å². The fourth-order valence-electron chi connectivity index (χ4n) is 3.59. The number of amides is 1. The summed E-state index contributed by atoms with van der Waals surface area (Å²) in [6.07, 6.45) is 7.09. The van der Waals surface area contributed by atoms with Crippen molar-refractivity contribution < 1.29 is 9.90 Å². The molecule has 2 bridgehead atoms. The van der Waals surface area contributed by atoms with Crippen LogP contribution in [0.3, 0.4) is 0 Å². The highest BCUT2D eigenvalue weighted by Crippen LogP contribution is 2.32. The summed E-state index contributed by atoms with van der Waals surface area (Å²) >= 11 is 0. The molecule has 3 unspecified atom stereocenters. The maximum absolute atomic E-state index is 12.0. The molecular formula is C15H28N2O2. The van der Waals surface area contributed by atoms with Crippen molar-refractivity contribution in [2.24, 2.45) is 5.92 Å². The first-order valence-corrected chi connectivity index (χ1v) is 7.73. The fourth-order valence-corrected chi connectivity index (χ4v) is 3.59. The van der Waals surface area contributed by atoms with Gasteiger partial charge in [0.25, 0.3) is 0 Å². The lowest BCUT2D eigenvalue weighted by atomic mass is 9.89. The summed E-state index contributed by atoms with van der Waals surface area (Å²) in [4.78, 5) is 12.0. The second-order valence-corrected chi connectivity index (χ2v) is 6.70. The van der Waals surface area contributed by atoms with E-state index >= 15 is 0 Å². The van der Waals surface area contributed by atoms with Crippen molar-refractivity contribution in [2.75, 3.05) is 6.54 Å². The lowest BCUT2D eigenvalue weighted by Crippen LogP contribution is -2.43. The van der Waals surface area contributed by atoms with E-state index in [0.717, 1.165) is 25.7 Å². The first-order valence-electron chi connectivity index (χ1n) is 7.73. The van der Waals surface area contributed by atoms with Gasteiger partial charge in [0, 0.05) is 25.0 Å². The largest absolute Gasteiger partial charge is 0.388 e. The van der Waals surface area contributed by atoms with Gasteiger partial charge >= 0.3 is 0 Å². The molecule has 0 radical (unpaired) electrons. The molecule has 1 amide bonds. The Balaban J connectivity index is 1.70. The van der Waals surface area contributed by atoms with Crippen LogP contribution in [0.5, 0.6) is 0 Å². The van der Waals surface area contributed by atoms with Crippen LogP contribution >= 0.6 is 0 Å². The van der Waals surface area contributed by atoms with Gasteiger partial charge in [-0.05, 0) is 44.9 Å². The Morgan fingerprint density at radius 3 is 2.58 bits per heavy atom. The Kier molecular flexibility index (Phi) is 4.85. The number of carbonyl (C=O) groups is 1. The third-order valence-electron chi connectivity index (χ3n) is 4.50. The minimum Gasteiger partial charge on any atom is -0.388 e. The molecule has 2 aliphatic heterocycles. The monoisotopic (exact) mass is 268 g/mol. The average Bonchev–Trinajstić information content (AvgIpc) is 2.66. The van der Waals surface area contributed by atoms with Crippen LogP contribution in [0.15, 0.2) is 0 Å². The van der Waals surface area contributed by atoms with Gasteiger partial charge < -0.3 is 15.7 Å². The van der Waals surface area contributed by atoms with Gasteiger partial charge in [-0.1, -0.05) is 13.3 Å². The number of fused-ring (bicyclic) bond motifs is 2. The molecule has 0 spiro atoms. The number of carbonyl (C=O) groups excluding carboxylic acids is 1. The van der Waals surface area contributed by atoms with E-state index < -0.39 is 5.60 Å². The lowest BCUT2D eigenvalue weighted by molar-refractivity contribution is -0.123. The number of piperidine rings is 1. The zero-order chi connectivity index (χ0) is 13.9. The maximum atomic E-state index is 12.0. The Labute approximate surface area is 116 Å². The summed E-state index contributed by atoms with van der Waals surface area (Å²) in [6, 6.07) is 1.28. The predicted octanol–water partition coefficient (Wildman–Crippen LogP) is 1.57. The molecule has 2 saturated heterocycles. The van der Waals surface area contributed by atoms with E-state index in [0.29, 0.717) is 31.0 Å². The highest BCUT2D eigenvalue weighted by Gasteiger charge is 2.34. The van der Waals surface area contributed by atoms with Crippen molar-refractivity contribution in [1.82, 2.24) is 10.6 Å². The zero-order valence-corrected chi connectivity index (χ0v) is 12.2. The lowest BCUT2D eigenvalue weighted by Gasteiger charge is -2.29. The molecule has 2 rings (SSSR count). The Morgan fingerprint density at radius 2 is 2.00 bits per heavy atom. The topological polar surface area (TPSA) is 61.4 Å². The van der Waals surface area contributed by atoms with Gasteiger partial charge in [-0.25, -0.2) is 0 Å². The van der Waals surface area contributed by atoms with Crippen LogP contribution in [-0.4, -0.2) is 35.2 Å². The number of nitrogens with one attached hydrogen (secondary N) is 2. The molecule has 3 N–H and O–H groups in total. The van der Waals surface area contributed by atoms with Crippen LogP contribution in [0.1, 0.15) is 58.8 Å². The summed E-state index contributed by atoms with van der Waals surface area (Å²) < 4.78 is 0. The Bertz CT molecular complexity index is 305. The summed E-state index contributed by atoms with van der Waals surface area (Å²) in [5, 5.41) is 16.5. The molecule has 0 aromatic carbocycles. The molecule has 0 aliphatic carbocycles. The highest BCUT2D eigenvalue weighted by atomic mass is 16.3. The van der Waals surface area contributed by atoms with Gasteiger partial charge in [-0.3, -0.25) is 4.79 Å². The molecule has 2 heterocycles. The third-order valence-corrected chi connectivity index (χ3v) is 4.50. The molecule has 19 heavy (non-hydrogen) atoms. The van der Waals surface area contributed by atoms with E-state index in [4.69, 9.17) is 0 Å². The molecule has 2 fully saturated rings. The van der Waals surface area contributed by atoms with Crippen molar-refractivity contribution in [1.29, 1.82) is 0 Å². The van der Waals surface area contributed by atoms with E-state index in [1.165, 1.54) is 12.8 Å². The number of aliphatic hydroxyl groups is 1. The third kappa shape index (κ3) is 4.46. The van der Waals surface area contributed by atoms with Gasteiger partial charge in [0.1, 0.15) is 0 Å². The molecule has 0 saturated carbocycles. The van der Waals surface area contributed by atoms with Crippen molar-refractivity contribution >= 4 is 5.91 Å². The molecule has 0 aromatic rings. The van der Waals surface area contributed by atoms with Crippen molar-refractivity contribution in [2.45, 2.75) is 76.5 Å². The summed E-state index contributed by atoms with van der Waals surface area (Å²) in [6.45, 7) is 4.21. The summed E-state index contributed by atoms with van der Waals surface area (Å²) in [7, 11) is 0.